The van der Waals surface area contributed by atoms with Crippen molar-refractivity contribution in [3.8, 4) is 0 Å². The van der Waals surface area contributed by atoms with Gasteiger partial charge in [-0.05, 0) is 48.9 Å². The van der Waals surface area contributed by atoms with E-state index < -0.39 is 0 Å². The molecule has 0 aliphatic carbocycles. The van der Waals surface area contributed by atoms with Gasteiger partial charge in [-0.3, -0.25) is 9.59 Å². The van der Waals surface area contributed by atoms with Crippen molar-refractivity contribution in [1.82, 2.24) is 10.2 Å². The number of carbonyl (C=O) groups is 2. The molecular formula is C21H23ClN2O3S. The maximum absolute atomic E-state index is 12.5. The number of thioether (sulfide) groups is 1. The van der Waals surface area contributed by atoms with E-state index in [1.54, 1.807) is 4.90 Å². The van der Waals surface area contributed by atoms with E-state index in [1.165, 1.54) is 11.8 Å². The second kappa shape index (κ2) is 9.96. The minimum atomic E-state index is -0.219. The molecule has 1 N–H and O–H groups in total. The number of halogens is 1. The zero-order valence-electron chi connectivity index (χ0n) is 15.7. The van der Waals surface area contributed by atoms with E-state index in [1.807, 2.05) is 55.5 Å². The number of hydrogen-bond acceptors (Lipinski definition) is 4. The predicted molar refractivity (Wildman–Crippen MR) is 112 cm³/mol. The smallest absolute Gasteiger partial charge is 0.254 e. The predicted octanol–water partition coefficient (Wildman–Crippen LogP) is 3.61. The van der Waals surface area contributed by atoms with Gasteiger partial charge >= 0.3 is 0 Å². The first-order valence-electron chi connectivity index (χ1n) is 9.19. The van der Waals surface area contributed by atoms with Crippen molar-refractivity contribution >= 4 is 35.2 Å². The maximum atomic E-state index is 12.5. The molecule has 148 valence electrons. The zero-order chi connectivity index (χ0) is 19.9. The summed E-state index contributed by atoms with van der Waals surface area (Å²) in [5.74, 6) is -0.0136. The first kappa shape index (κ1) is 20.7. The van der Waals surface area contributed by atoms with Gasteiger partial charge in [-0.2, -0.15) is 0 Å². The lowest BCUT2D eigenvalue weighted by molar-refractivity contribution is -0.120. The number of nitrogens with one attached hydrogen (secondary N) is 1. The van der Waals surface area contributed by atoms with Crippen LogP contribution in [-0.2, 0) is 16.1 Å². The summed E-state index contributed by atoms with van der Waals surface area (Å²) >= 11 is 7.37. The van der Waals surface area contributed by atoms with Crippen molar-refractivity contribution in [2.75, 3.05) is 26.3 Å². The van der Waals surface area contributed by atoms with Gasteiger partial charge in [-0.25, -0.2) is 0 Å². The Kier molecular flexibility index (Phi) is 7.36. The molecule has 0 unspecified atom stereocenters. The normalized spacial score (nSPS) is 15.1. The minimum Gasteiger partial charge on any atom is -0.378 e. The molecular weight excluding hydrogens is 396 g/mol. The molecule has 3 rings (SSSR count). The van der Waals surface area contributed by atoms with Crippen LogP contribution in [-0.4, -0.2) is 48.3 Å². The highest BCUT2D eigenvalue weighted by molar-refractivity contribution is 8.00. The first-order valence-corrected chi connectivity index (χ1v) is 10.4. The molecule has 1 saturated heterocycles. The van der Waals surface area contributed by atoms with Crippen LogP contribution in [0.1, 0.15) is 22.8 Å². The highest BCUT2D eigenvalue weighted by atomic mass is 35.5. The van der Waals surface area contributed by atoms with E-state index in [0.717, 1.165) is 10.5 Å². The topological polar surface area (TPSA) is 58.6 Å². The standard InChI is InChI=1S/C21H23ClN2O3S/c1-15(28-19-8-6-18(22)7-9-19)20(25)23-14-16-2-4-17(5-3-16)21(26)24-10-12-27-13-11-24/h2-9,15H,10-14H2,1H3,(H,23,25)/t15-/m1/s1. The van der Waals surface area contributed by atoms with Crippen LogP contribution >= 0.6 is 23.4 Å². The summed E-state index contributed by atoms with van der Waals surface area (Å²) < 4.78 is 5.28. The van der Waals surface area contributed by atoms with E-state index >= 15 is 0 Å². The first-order chi connectivity index (χ1) is 13.5. The molecule has 2 aromatic carbocycles. The lowest BCUT2D eigenvalue weighted by atomic mass is 10.1. The van der Waals surface area contributed by atoms with Gasteiger partial charge < -0.3 is 15.0 Å². The van der Waals surface area contributed by atoms with Crippen molar-refractivity contribution in [2.45, 2.75) is 23.6 Å². The van der Waals surface area contributed by atoms with Gasteiger partial charge in [0.25, 0.3) is 5.91 Å². The Morgan fingerprint density at radius 2 is 1.75 bits per heavy atom. The van der Waals surface area contributed by atoms with E-state index in [0.29, 0.717) is 43.4 Å². The summed E-state index contributed by atoms with van der Waals surface area (Å²) in [5.41, 5.74) is 1.61. The van der Waals surface area contributed by atoms with Crippen LogP contribution in [0.15, 0.2) is 53.4 Å². The largest absolute Gasteiger partial charge is 0.378 e. The molecule has 2 amide bonds. The number of ether oxygens (including phenoxy) is 1. The SMILES string of the molecule is C[C@@H](Sc1ccc(Cl)cc1)C(=O)NCc1ccc(C(=O)N2CCOCC2)cc1. The average Bonchev–Trinajstić information content (AvgIpc) is 2.74. The number of nitrogens with zero attached hydrogens (tertiary/aromatic N) is 1. The van der Waals surface area contributed by atoms with Crippen molar-refractivity contribution < 1.29 is 14.3 Å². The van der Waals surface area contributed by atoms with Crippen molar-refractivity contribution in [2.24, 2.45) is 0 Å². The third-order valence-corrected chi connectivity index (χ3v) is 5.83. The van der Waals surface area contributed by atoms with Crippen molar-refractivity contribution in [1.29, 1.82) is 0 Å². The monoisotopic (exact) mass is 418 g/mol. The molecule has 5 nitrogen and oxygen atoms in total. The van der Waals surface area contributed by atoms with Crippen LogP contribution < -0.4 is 5.32 Å². The number of amides is 2. The fourth-order valence-corrected chi connectivity index (χ4v) is 3.84. The lowest BCUT2D eigenvalue weighted by Crippen LogP contribution is -2.40. The molecule has 0 spiro atoms. The van der Waals surface area contributed by atoms with Crippen LogP contribution in [0.2, 0.25) is 5.02 Å². The van der Waals surface area contributed by atoms with Gasteiger partial charge in [-0.15, -0.1) is 11.8 Å². The molecule has 7 heteroatoms. The zero-order valence-corrected chi connectivity index (χ0v) is 17.3. The molecule has 2 aromatic rings. The highest BCUT2D eigenvalue weighted by Crippen LogP contribution is 2.24. The second-order valence-electron chi connectivity index (χ2n) is 6.53. The number of carbonyl (C=O) groups excluding carboxylic acids is 2. The van der Waals surface area contributed by atoms with Gasteiger partial charge in [0.15, 0.2) is 0 Å². The van der Waals surface area contributed by atoms with Gasteiger partial charge in [0, 0.05) is 35.1 Å². The Bertz CT molecular complexity index is 805. The van der Waals surface area contributed by atoms with E-state index in [4.69, 9.17) is 16.3 Å². The second-order valence-corrected chi connectivity index (χ2v) is 8.38. The lowest BCUT2D eigenvalue weighted by Gasteiger charge is -2.26. The van der Waals surface area contributed by atoms with E-state index in [2.05, 4.69) is 5.32 Å². The molecule has 0 saturated carbocycles. The summed E-state index contributed by atoms with van der Waals surface area (Å²) in [6, 6.07) is 14.8. The van der Waals surface area contributed by atoms with E-state index in [9.17, 15) is 9.59 Å². The van der Waals surface area contributed by atoms with Gasteiger partial charge in [0.1, 0.15) is 0 Å². The Morgan fingerprint density at radius 3 is 2.39 bits per heavy atom. The van der Waals surface area contributed by atoms with Crippen molar-refractivity contribution in [3.63, 3.8) is 0 Å². The third kappa shape index (κ3) is 5.74. The van der Waals surface area contributed by atoms with E-state index in [-0.39, 0.29) is 17.1 Å². The number of benzene rings is 2. The molecule has 1 aliphatic rings. The van der Waals surface area contributed by atoms with Crippen LogP contribution in [0.5, 0.6) is 0 Å². The quantitative estimate of drug-likeness (QED) is 0.728. The number of rotatable bonds is 6. The number of hydrogen-bond donors (Lipinski definition) is 1. The van der Waals surface area contributed by atoms with Crippen molar-refractivity contribution in [3.05, 3.63) is 64.7 Å². The summed E-state index contributed by atoms with van der Waals surface area (Å²) in [7, 11) is 0. The molecule has 0 aromatic heterocycles. The Hall–Kier alpha value is -2.02. The Balaban J connectivity index is 1.49. The van der Waals surface area contributed by atoms with Gasteiger partial charge in [0.05, 0.1) is 18.5 Å². The summed E-state index contributed by atoms with van der Waals surface area (Å²) in [4.78, 5) is 27.6. The minimum absolute atomic E-state index is 0.0203. The fraction of sp³-hybridized carbons (Fsp3) is 0.333. The molecule has 1 fully saturated rings. The molecule has 28 heavy (non-hydrogen) atoms. The highest BCUT2D eigenvalue weighted by Gasteiger charge is 2.18. The van der Waals surface area contributed by atoms with Crippen LogP contribution in [0.4, 0.5) is 0 Å². The summed E-state index contributed by atoms with van der Waals surface area (Å²) in [6.07, 6.45) is 0. The Labute approximate surface area is 174 Å². The molecule has 0 bridgehead atoms. The van der Waals surface area contributed by atoms with Crippen LogP contribution in [0.3, 0.4) is 0 Å². The average molecular weight is 419 g/mol. The summed E-state index contributed by atoms with van der Waals surface area (Å²) in [5, 5.41) is 3.40. The molecule has 0 radical (unpaired) electrons. The Morgan fingerprint density at radius 1 is 1.11 bits per heavy atom. The molecule has 1 aliphatic heterocycles. The number of morpholine rings is 1. The molecule has 1 heterocycles. The third-order valence-electron chi connectivity index (χ3n) is 4.46. The van der Waals surface area contributed by atoms with Crippen LogP contribution in [0, 0.1) is 0 Å². The fourth-order valence-electron chi connectivity index (χ4n) is 2.82. The van der Waals surface area contributed by atoms with Gasteiger partial charge in [-0.1, -0.05) is 23.7 Å². The maximum Gasteiger partial charge on any atom is 0.254 e. The van der Waals surface area contributed by atoms with Gasteiger partial charge in [0.2, 0.25) is 5.91 Å². The molecule has 1 atom stereocenters. The van der Waals surface area contributed by atoms with Crippen LogP contribution in [0.25, 0.3) is 0 Å². The summed E-state index contributed by atoms with van der Waals surface area (Å²) in [6.45, 7) is 4.72.